The van der Waals surface area contributed by atoms with Crippen LogP contribution in [0.2, 0.25) is 5.02 Å². The summed E-state index contributed by atoms with van der Waals surface area (Å²) in [5.41, 5.74) is 4.47. The zero-order valence-electron chi connectivity index (χ0n) is 14.2. The smallest absolute Gasteiger partial charge is 0.148 e. The highest BCUT2D eigenvalue weighted by Crippen LogP contribution is 2.35. The highest BCUT2D eigenvalue weighted by Gasteiger charge is 2.10. The fraction of sp³-hybridized carbons (Fsp3) is 0.143. The van der Waals surface area contributed by atoms with Crippen LogP contribution in [0.3, 0.4) is 0 Å². The van der Waals surface area contributed by atoms with E-state index in [1.54, 1.807) is 0 Å². The quantitative estimate of drug-likeness (QED) is 0.386. The van der Waals surface area contributed by atoms with Gasteiger partial charge in [0.25, 0.3) is 0 Å². The first-order valence-electron chi connectivity index (χ1n) is 8.17. The molecule has 0 spiro atoms. The van der Waals surface area contributed by atoms with Crippen molar-refractivity contribution in [2.45, 2.75) is 20.1 Å². The minimum atomic E-state index is 0.525. The summed E-state index contributed by atoms with van der Waals surface area (Å²) in [4.78, 5) is 0. The molecule has 3 aromatic carbocycles. The zero-order valence-corrected chi connectivity index (χ0v) is 18.2. The standard InChI is InChI=1S/C21H18Br2ClNO/c1-14-7-8-17(24)11-20(14)25-12-16-9-18(22)21(19(23)10-16)26-13-15-5-3-2-4-6-15/h2-11,25H,12-13H2,1H3. The van der Waals surface area contributed by atoms with Gasteiger partial charge < -0.3 is 10.1 Å². The van der Waals surface area contributed by atoms with Crippen LogP contribution in [0.1, 0.15) is 16.7 Å². The summed E-state index contributed by atoms with van der Waals surface area (Å²) in [7, 11) is 0. The molecule has 0 heterocycles. The van der Waals surface area contributed by atoms with E-state index in [0.29, 0.717) is 13.2 Å². The van der Waals surface area contributed by atoms with E-state index in [1.807, 2.05) is 48.5 Å². The molecular formula is C21H18Br2ClNO. The third-order valence-corrected chi connectivity index (χ3v) is 5.38. The first-order valence-corrected chi connectivity index (χ1v) is 10.1. The lowest BCUT2D eigenvalue weighted by Gasteiger charge is -2.14. The van der Waals surface area contributed by atoms with Gasteiger partial charge in [-0.3, -0.25) is 0 Å². The van der Waals surface area contributed by atoms with Gasteiger partial charge in [-0.1, -0.05) is 48.0 Å². The minimum absolute atomic E-state index is 0.525. The van der Waals surface area contributed by atoms with E-state index in [4.69, 9.17) is 16.3 Å². The van der Waals surface area contributed by atoms with Gasteiger partial charge in [0.1, 0.15) is 12.4 Å². The van der Waals surface area contributed by atoms with Crippen molar-refractivity contribution in [2.75, 3.05) is 5.32 Å². The van der Waals surface area contributed by atoms with E-state index in [0.717, 1.165) is 42.1 Å². The van der Waals surface area contributed by atoms with Crippen molar-refractivity contribution in [2.24, 2.45) is 0 Å². The topological polar surface area (TPSA) is 21.3 Å². The van der Waals surface area contributed by atoms with E-state index in [1.165, 1.54) is 0 Å². The first-order chi connectivity index (χ1) is 12.5. The molecule has 0 radical (unpaired) electrons. The molecule has 0 unspecified atom stereocenters. The molecule has 0 aliphatic heterocycles. The van der Waals surface area contributed by atoms with Gasteiger partial charge in [-0.2, -0.15) is 0 Å². The average Bonchev–Trinajstić information content (AvgIpc) is 2.62. The molecule has 26 heavy (non-hydrogen) atoms. The van der Waals surface area contributed by atoms with Crippen LogP contribution in [0.4, 0.5) is 5.69 Å². The second-order valence-electron chi connectivity index (χ2n) is 5.98. The Morgan fingerprint density at radius 1 is 0.923 bits per heavy atom. The maximum Gasteiger partial charge on any atom is 0.148 e. The van der Waals surface area contributed by atoms with Crippen LogP contribution in [-0.4, -0.2) is 0 Å². The summed E-state index contributed by atoms with van der Waals surface area (Å²) in [6.07, 6.45) is 0. The molecule has 134 valence electrons. The van der Waals surface area contributed by atoms with Crippen molar-refractivity contribution in [3.63, 3.8) is 0 Å². The Balaban J connectivity index is 1.69. The number of ether oxygens (including phenoxy) is 1. The van der Waals surface area contributed by atoms with Crippen molar-refractivity contribution in [3.8, 4) is 5.75 Å². The van der Waals surface area contributed by atoms with Crippen LogP contribution in [-0.2, 0) is 13.2 Å². The maximum absolute atomic E-state index is 6.08. The van der Waals surface area contributed by atoms with Gasteiger partial charge in [0, 0.05) is 17.3 Å². The number of aryl methyl sites for hydroxylation is 1. The van der Waals surface area contributed by atoms with Crippen molar-refractivity contribution >= 4 is 49.1 Å². The average molecular weight is 496 g/mol. The van der Waals surface area contributed by atoms with Gasteiger partial charge in [0.15, 0.2) is 0 Å². The van der Waals surface area contributed by atoms with Crippen molar-refractivity contribution in [1.82, 2.24) is 0 Å². The number of halogens is 3. The van der Waals surface area contributed by atoms with Crippen LogP contribution in [0.25, 0.3) is 0 Å². The van der Waals surface area contributed by atoms with E-state index in [9.17, 15) is 0 Å². The molecule has 0 atom stereocenters. The van der Waals surface area contributed by atoms with Crippen LogP contribution in [0, 0.1) is 6.92 Å². The van der Waals surface area contributed by atoms with Gasteiger partial charge in [0.2, 0.25) is 0 Å². The molecule has 0 aliphatic rings. The van der Waals surface area contributed by atoms with Gasteiger partial charge in [0.05, 0.1) is 8.95 Å². The Hall–Kier alpha value is -1.49. The molecule has 5 heteroatoms. The van der Waals surface area contributed by atoms with E-state index < -0.39 is 0 Å². The Morgan fingerprint density at radius 3 is 2.31 bits per heavy atom. The molecule has 0 fully saturated rings. The number of benzene rings is 3. The highest BCUT2D eigenvalue weighted by atomic mass is 79.9. The molecule has 1 N–H and O–H groups in total. The fourth-order valence-electron chi connectivity index (χ4n) is 2.56. The third kappa shape index (κ3) is 5.03. The second-order valence-corrected chi connectivity index (χ2v) is 8.12. The van der Waals surface area contributed by atoms with Crippen LogP contribution < -0.4 is 10.1 Å². The Bertz CT molecular complexity index is 877. The van der Waals surface area contributed by atoms with Gasteiger partial charge in [-0.25, -0.2) is 0 Å². The maximum atomic E-state index is 6.08. The lowest BCUT2D eigenvalue weighted by atomic mass is 10.1. The molecule has 0 saturated heterocycles. The molecule has 0 saturated carbocycles. The largest absolute Gasteiger partial charge is 0.487 e. The van der Waals surface area contributed by atoms with E-state index in [2.05, 4.69) is 56.2 Å². The third-order valence-electron chi connectivity index (χ3n) is 3.97. The second kappa shape index (κ2) is 8.94. The van der Waals surface area contributed by atoms with E-state index in [-0.39, 0.29) is 0 Å². The molecule has 0 amide bonds. The molecule has 2 nitrogen and oxygen atoms in total. The summed E-state index contributed by atoms with van der Waals surface area (Å²) in [6, 6.07) is 20.1. The summed E-state index contributed by atoms with van der Waals surface area (Å²) in [5, 5.41) is 4.16. The molecule has 3 rings (SSSR count). The highest BCUT2D eigenvalue weighted by molar-refractivity contribution is 9.11. The van der Waals surface area contributed by atoms with Gasteiger partial charge >= 0.3 is 0 Å². The number of anilines is 1. The predicted octanol–water partition coefficient (Wildman–Crippen LogP) is 7.36. The Labute approximate surface area is 175 Å². The molecule has 0 aliphatic carbocycles. The van der Waals surface area contributed by atoms with Crippen LogP contribution >= 0.6 is 43.5 Å². The molecule has 0 aromatic heterocycles. The van der Waals surface area contributed by atoms with Crippen molar-refractivity contribution in [1.29, 1.82) is 0 Å². The fourth-order valence-corrected chi connectivity index (χ4v) is 4.25. The minimum Gasteiger partial charge on any atom is -0.487 e. The monoisotopic (exact) mass is 493 g/mol. The summed E-state index contributed by atoms with van der Waals surface area (Å²) in [5.74, 6) is 0.802. The van der Waals surface area contributed by atoms with E-state index >= 15 is 0 Å². The lowest BCUT2D eigenvalue weighted by molar-refractivity contribution is 0.302. The number of hydrogen-bond acceptors (Lipinski definition) is 2. The SMILES string of the molecule is Cc1ccc(Cl)cc1NCc1cc(Br)c(OCc2ccccc2)c(Br)c1. The molecule has 3 aromatic rings. The normalized spacial score (nSPS) is 10.6. The van der Waals surface area contributed by atoms with Gasteiger partial charge in [-0.05, 0) is 79.7 Å². The predicted molar refractivity (Wildman–Crippen MR) is 116 cm³/mol. The molecule has 0 bridgehead atoms. The van der Waals surface area contributed by atoms with Crippen molar-refractivity contribution < 1.29 is 4.74 Å². The Morgan fingerprint density at radius 2 is 1.62 bits per heavy atom. The zero-order chi connectivity index (χ0) is 18.5. The number of hydrogen-bond donors (Lipinski definition) is 1. The van der Waals surface area contributed by atoms with Crippen LogP contribution in [0.5, 0.6) is 5.75 Å². The van der Waals surface area contributed by atoms with Crippen LogP contribution in [0.15, 0.2) is 69.6 Å². The summed E-state index contributed by atoms with van der Waals surface area (Å²) < 4.78 is 7.81. The number of rotatable bonds is 6. The molecular weight excluding hydrogens is 477 g/mol. The number of nitrogens with one attached hydrogen (secondary N) is 1. The summed E-state index contributed by atoms with van der Waals surface area (Å²) in [6.45, 7) is 3.28. The Kier molecular flexibility index (Phi) is 6.63. The van der Waals surface area contributed by atoms with Gasteiger partial charge in [-0.15, -0.1) is 0 Å². The first kappa shape index (κ1) is 19.3. The van der Waals surface area contributed by atoms with Crippen molar-refractivity contribution in [3.05, 3.63) is 91.3 Å². The lowest BCUT2D eigenvalue weighted by Crippen LogP contribution is -2.02. The summed E-state index contributed by atoms with van der Waals surface area (Å²) >= 11 is 13.3.